The fraction of sp³-hybridized carbons (Fsp3) is 0.226. The number of fused-ring (bicyclic) bond motifs is 2. The van der Waals surface area contributed by atoms with Crippen LogP contribution in [0.25, 0.3) is 0 Å². The molecule has 10 nitrogen and oxygen atoms in total. The molecule has 0 aliphatic carbocycles. The molecule has 0 bridgehead atoms. The number of carbonyl (C=O) groups excluding carboxylic acids is 3. The molecule has 1 N–H and O–H groups in total. The Balaban J connectivity index is 1.38. The van der Waals surface area contributed by atoms with E-state index in [0.717, 1.165) is 16.9 Å². The van der Waals surface area contributed by atoms with Crippen LogP contribution in [0.5, 0.6) is 17.2 Å². The van der Waals surface area contributed by atoms with Crippen molar-refractivity contribution in [3.05, 3.63) is 92.9 Å². The number of imide groups is 1. The summed E-state index contributed by atoms with van der Waals surface area (Å²) in [7, 11) is 4.66. The van der Waals surface area contributed by atoms with Crippen molar-refractivity contribution in [2.24, 2.45) is 5.92 Å². The number of carbonyl (C=O) groups is 3. The molecular weight excluding hydrogens is 590 g/mol. The highest BCUT2D eigenvalue weighted by Crippen LogP contribution is 2.54. The number of nitrogens with one attached hydrogen (secondary N) is 1. The number of aromatic nitrogens is 1. The quantitative estimate of drug-likeness (QED) is 0.290. The van der Waals surface area contributed by atoms with E-state index < -0.39 is 23.0 Å². The first-order valence-corrected chi connectivity index (χ1v) is 15.0. The van der Waals surface area contributed by atoms with Crippen LogP contribution in [-0.2, 0) is 20.9 Å². The van der Waals surface area contributed by atoms with Crippen LogP contribution in [0.2, 0.25) is 0 Å². The van der Waals surface area contributed by atoms with Gasteiger partial charge in [0.15, 0.2) is 0 Å². The van der Waals surface area contributed by atoms with Gasteiger partial charge in [-0.2, -0.15) is 0 Å². The van der Waals surface area contributed by atoms with E-state index in [1.165, 1.54) is 21.2 Å². The average molecular weight is 618 g/mol. The Kier molecular flexibility index (Phi) is 7.72. The van der Waals surface area contributed by atoms with Gasteiger partial charge in [0.1, 0.15) is 29.0 Å². The molecule has 0 saturated carbocycles. The van der Waals surface area contributed by atoms with Crippen LogP contribution in [-0.4, -0.2) is 48.9 Å². The summed E-state index contributed by atoms with van der Waals surface area (Å²) in [6.07, 6.45) is 0. The van der Waals surface area contributed by atoms with E-state index in [1.54, 1.807) is 82.0 Å². The first-order chi connectivity index (χ1) is 20.8. The Labute approximate surface area is 255 Å². The van der Waals surface area contributed by atoms with E-state index in [2.05, 4.69) is 5.32 Å². The Morgan fingerprint density at radius 2 is 1.35 bits per heavy atom. The molecule has 4 aromatic rings. The fourth-order valence-electron chi connectivity index (χ4n) is 5.43. The summed E-state index contributed by atoms with van der Waals surface area (Å²) in [6.45, 7) is -0.249. The molecule has 0 unspecified atom stereocenters. The van der Waals surface area contributed by atoms with Crippen LogP contribution < -0.4 is 29.3 Å². The van der Waals surface area contributed by atoms with Crippen molar-refractivity contribution in [3.63, 3.8) is 0 Å². The lowest BCUT2D eigenvalue weighted by Gasteiger charge is -2.30. The van der Waals surface area contributed by atoms with Gasteiger partial charge < -0.3 is 19.5 Å². The third kappa shape index (κ3) is 5.17. The predicted octanol–water partition coefficient (Wildman–Crippen LogP) is 4.37. The molecule has 1 aromatic heterocycles. The van der Waals surface area contributed by atoms with Crippen molar-refractivity contribution in [1.82, 2.24) is 4.57 Å². The number of benzene rings is 3. The van der Waals surface area contributed by atoms with Gasteiger partial charge in [-0.25, -0.2) is 4.90 Å². The molecule has 220 valence electrons. The van der Waals surface area contributed by atoms with E-state index in [1.807, 2.05) is 12.1 Å². The van der Waals surface area contributed by atoms with Crippen LogP contribution in [0.1, 0.15) is 16.4 Å². The number of rotatable bonds is 8. The summed E-state index contributed by atoms with van der Waals surface area (Å²) in [6, 6.07) is 20.9. The molecule has 3 heterocycles. The topological polar surface area (TPSA) is 116 Å². The second-order valence-electron chi connectivity index (χ2n) is 9.93. The number of hydrogen-bond acceptors (Lipinski definition) is 9. The van der Waals surface area contributed by atoms with Crippen LogP contribution in [0.3, 0.4) is 0 Å². The lowest BCUT2D eigenvalue weighted by molar-refractivity contribution is -0.122. The van der Waals surface area contributed by atoms with Crippen LogP contribution in [0.4, 0.5) is 11.4 Å². The van der Waals surface area contributed by atoms with Gasteiger partial charge in [-0.3, -0.25) is 23.7 Å². The number of amides is 3. The molecule has 1 fully saturated rings. The molecule has 43 heavy (non-hydrogen) atoms. The van der Waals surface area contributed by atoms with Crippen LogP contribution in [0, 0.1) is 5.92 Å². The second-order valence-corrected chi connectivity index (χ2v) is 12.0. The number of ether oxygens (including phenoxy) is 3. The van der Waals surface area contributed by atoms with Gasteiger partial charge in [-0.15, -0.1) is 0 Å². The van der Waals surface area contributed by atoms with Gasteiger partial charge in [0.25, 0.3) is 0 Å². The average Bonchev–Trinajstić information content (AvgIpc) is 3.47. The monoisotopic (exact) mass is 617 g/mol. The fourth-order valence-corrected chi connectivity index (χ4v) is 8.20. The number of nitrogens with zero attached hydrogens (tertiary/aromatic N) is 2. The van der Waals surface area contributed by atoms with Crippen LogP contribution in [0.15, 0.2) is 82.6 Å². The first kappa shape index (κ1) is 28.6. The molecule has 3 atom stereocenters. The van der Waals surface area contributed by atoms with E-state index in [4.69, 9.17) is 14.2 Å². The van der Waals surface area contributed by atoms with E-state index in [-0.39, 0.29) is 23.2 Å². The zero-order chi connectivity index (χ0) is 30.2. The van der Waals surface area contributed by atoms with Crippen molar-refractivity contribution in [1.29, 1.82) is 0 Å². The van der Waals surface area contributed by atoms with Crippen molar-refractivity contribution < 1.29 is 28.6 Å². The summed E-state index contributed by atoms with van der Waals surface area (Å²) in [5.74, 6) is -0.548. The maximum Gasteiger partial charge on any atom is 0.308 e. The summed E-state index contributed by atoms with van der Waals surface area (Å²) in [4.78, 5) is 55.8. The predicted molar refractivity (Wildman–Crippen MR) is 164 cm³/mol. The number of thioether (sulfide) groups is 1. The highest BCUT2D eigenvalue weighted by atomic mass is 32.2. The standard InChI is InChI=1S/C31H27N3O7S2/c1-39-20-10-4-17(5-11-20)24-25-26(29(37)34(28(25)36)19-8-14-22(41-3)15-9-19)42-30-27(24)43-31(38)33(30)16-23(35)32-18-6-12-21(40-2)13-7-18/h4-15,24-26H,16H2,1-3H3,(H,32,35)/t24-,25-,26+/m0/s1. The maximum atomic E-state index is 14.0. The molecule has 2 aliphatic heterocycles. The van der Waals surface area contributed by atoms with E-state index in [0.29, 0.717) is 38.5 Å². The normalized spacial score (nSPS) is 19.0. The minimum atomic E-state index is -0.792. The number of hydrogen-bond donors (Lipinski definition) is 1. The van der Waals surface area contributed by atoms with Crippen molar-refractivity contribution in [2.45, 2.75) is 22.7 Å². The molecule has 12 heteroatoms. The Hall–Kier alpha value is -4.55. The summed E-state index contributed by atoms with van der Waals surface area (Å²) < 4.78 is 17.1. The van der Waals surface area contributed by atoms with Gasteiger partial charge in [0.2, 0.25) is 17.7 Å². The van der Waals surface area contributed by atoms with Crippen LogP contribution >= 0.6 is 23.1 Å². The molecular formula is C31H27N3O7S2. The molecule has 3 aromatic carbocycles. The molecule has 2 aliphatic rings. The Morgan fingerprint density at radius 1 is 0.791 bits per heavy atom. The lowest BCUT2D eigenvalue weighted by atomic mass is 9.83. The highest BCUT2D eigenvalue weighted by Gasteiger charge is 2.56. The number of thiazole rings is 1. The third-order valence-corrected chi connectivity index (χ3v) is 10.1. The largest absolute Gasteiger partial charge is 0.497 e. The van der Waals surface area contributed by atoms with Crippen molar-refractivity contribution in [2.75, 3.05) is 31.5 Å². The van der Waals surface area contributed by atoms with Gasteiger partial charge >= 0.3 is 4.87 Å². The first-order valence-electron chi connectivity index (χ1n) is 13.3. The molecule has 3 amide bonds. The van der Waals surface area contributed by atoms with Gasteiger partial charge in [0.05, 0.1) is 38.0 Å². The molecule has 6 rings (SSSR count). The molecule has 0 spiro atoms. The van der Waals surface area contributed by atoms with Crippen molar-refractivity contribution >= 4 is 52.2 Å². The molecule has 0 radical (unpaired) electrons. The zero-order valence-electron chi connectivity index (χ0n) is 23.4. The maximum absolute atomic E-state index is 14.0. The highest BCUT2D eigenvalue weighted by molar-refractivity contribution is 8.00. The number of anilines is 2. The van der Waals surface area contributed by atoms with E-state index in [9.17, 15) is 19.2 Å². The lowest BCUT2D eigenvalue weighted by Crippen LogP contribution is -2.33. The summed E-state index contributed by atoms with van der Waals surface area (Å²) in [5, 5.41) is 2.53. The second kappa shape index (κ2) is 11.6. The summed E-state index contributed by atoms with van der Waals surface area (Å²) >= 11 is 2.17. The minimum Gasteiger partial charge on any atom is -0.497 e. The zero-order valence-corrected chi connectivity index (χ0v) is 25.1. The SMILES string of the molecule is COc1ccc(NC(=O)Cn2c3c(sc2=O)[C@@H](c2ccc(OC)cc2)[C@@H]2C(=O)N(c4ccc(OC)cc4)C(=O)[C@@H]2S3)cc1. The van der Waals surface area contributed by atoms with E-state index >= 15 is 0 Å². The number of methoxy groups -OCH3 is 3. The third-order valence-electron chi connectivity index (χ3n) is 7.53. The smallest absolute Gasteiger partial charge is 0.308 e. The van der Waals surface area contributed by atoms with Crippen molar-refractivity contribution in [3.8, 4) is 17.2 Å². The summed E-state index contributed by atoms with van der Waals surface area (Å²) in [5.41, 5.74) is 1.77. The Morgan fingerprint density at radius 3 is 1.93 bits per heavy atom. The van der Waals surface area contributed by atoms with Gasteiger partial charge in [-0.05, 0) is 66.2 Å². The van der Waals surface area contributed by atoms with Gasteiger partial charge in [0, 0.05) is 16.5 Å². The Bertz CT molecular complexity index is 1750. The molecule has 1 saturated heterocycles. The minimum absolute atomic E-state index is 0.249. The van der Waals surface area contributed by atoms with Gasteiger partial charge in [-0.1, -0.05) is 35.2 Å².